The van der Waals surface area contributed by atoms with E-state index in [4.69, 9.17) is 4.74 Å². The second-order valence-corrected chi connectivity index (χ2v) is 5.31. The molecule has 0 aliphatic heterocycles. The quantitative estimate of drug-likeness (QED) is 0.636. The average molecular weight is 309 g/mol. The first-order chi connectivity index (χ1) is 6.15. The molecule has 0 aliphatic carbocycles. The monoisotopic (exact) mass is 307 g/mol. The van der Waals surface area contributed by atoms with E-state index in [1.807, 2.05) is 0 Å². The lowest BCUT2D eigenvalue weighted by Gasteiger charge is -2.01. The van der Waals surface area contributed by atoms with Crippen molar-refractivity contribution in [2.45, 2.75) is 3.74 Å². The van der Waals surface area contributed by atoms with Gasteiger partial charge in [0.1, 0.15) is 3.74 Å². The Kier molecular flexibility index (Phi) is 3.87. The Bertz CT molecular complexity index is 298. The van der Waals surface area contributed by atoms with Gasteiger partial charge in [-0.2, -0.15) is 0 Å². The third-order valence-corrected chi connectivity index (χ3v) is 2.26. The molecule has 3 nitrogen and oxygen atoms in total. The molecule has 0 amide bonds. The van der Waals surface area contributed by atoms with Crippen molar-refractivity contribution in [1.29, 1.82) is 0 Å². The summed E-state index contributed by atoms with van der Waals surface area (Å²) in [4.78, 5) is 15.3. The third-order valence-electron chi connectivity index (χ3n) is 1.43. The minimum absolute atomic E-state index is 0.0600. The van der Waals surface area contributed by atoms with E-state index in [1.165, 1.54) is 13.3 Å². The van der Waals surface area contributed by atoms with E-state index in [9.17, 15) is 4.79 Å². The maximum absolute atomic E-state index is 11.4. The molecule has 13 heavy (non-hydrogen) atoms. The zero-order valence-corrected chi connectivity index (χ0v) is 10.0. The lowest BCUT2D eigenvalue weighted by atomic mass is 10.2. The Hall–Kier alpha value is -0.420. The smallest absolute Gasteiger partial charge is 0.212 e. The minimum atomic E-state index is -0.366. The predicted molar refractivity (Wildman–Crippen MR) is 56.8 cm³/mol. The van der Waals surface area contributed by atoms with Gasteiger partial charge in [-0.3, -0.25) is 4.79 Å². The fraction of sp³-hybridized carbons (Fsp3) is 0.250. The zero-order valence-electron chi connectivity index (χ0n) is 6.83. The van der Waals surface area contributed by atoms with Crippen molar-refractivity contribution in [3.8, 4) is 5.88 Å². The summed E-state index contributed by atoms with van der Waals surface area (Å²) in [6.45, 7) is 0. The van der Waals surface area contributed by atoms with Gasteiger partial charge in [0, 0.05) is 17.8 Å². The second-order valence-electron chi connectivity index (χ2n) is 2.25. The molecule has 0 saturated carbocycles. The van der Waals surface area contributed by atoms with Gasteiger partial charge >= 0.3 is 0 Å². The minimum Gasteiger partial charge on any atom is -0.481 e. The number of ether oxygens (including phenoxy) is 1. The number of methoxy groups -OCH3 is 1. The lowest BCUT2D eigenvalue weighted by molar-refractivity contribution is 0.101. The first-order valence-electron chi connectivity index (χ1n) is 3.47. The molecule has 70 valence electrons. The molecule has 5 heteroatoms. The highest BCUT2D eigenvalue weighted by Gasteiger charge is 2.13. The van der Waals surface area contributed by atoms with Crippen LogP contribution in [0.1, 0.15) is 10.4 Å². The number of Topliss-reactive ketones (excluding diaryl/α,β-unsaturated/α-hetero) is 1. The number of rotatable bonds is 3. The van der Waals surface area contributed by atoms with Crippen LogP contribution in [0, 0.1) is 0 Å². The van der Waals surface area contributed by atoms with E-state index in [1.54, 1.807) is 12.1 Å². The number of aromatic nitrogens is 1. The molecule has 0 fully saturated rings. The molecule has 0 unspecified atom stereocenters. The van der Waals surface area contributed by atoms with Crippen LogP contribution in [0.25, 0.3) is 0 Å². The number of nitrogens with zero attached hydrogens (tertiary/aromatic N) is 1. The van der Waals surface area contributed by atoms with E-state index in [2.05, 4.69) is 36.8 Å². The number of carbonyl (C=O) groups excluding carboxylic acids is 1. The number of alkyl halides is 2. The maximum atomic E-state index is 11.4. The molecule has 1 heterocycles. The molecule has 0 saturated heterocycles. The van der Waals surface area contributed by atoms with Gasteiger partial charge in [-0.25, -0.2) is 4.98 Å². The molecule has 0 N–H and O–H groups in total. The Morgan fingerprint density at radius 1 is 1.54 bits per heavy atom. The zero-order chi connectivity index (χ0) is 9.84. The first-order valence-corrected chi connectivity index (χ1v) is 5.30. The normalized spacial score (nSPS) is 10.2. The molecule has 0 atom stereocenters. The largest absolute Gasteiger partial charge is 0.481 e. The van der Waals surface area contributed by atoms with E-state index >= 15 is 0 Å². The Morgan fingerprint density at radius 2 is 2.23 bits per heavy atom. The third kappa shape index (κ3) is 2.77. The van der Waals surface area contributed by atoms with Crippen LogP contribution in [-0.2, 0) is 0 Å². The number of pyridine rings is 1. The standard InChI is InChI=1S/C8H7Br2NO2/c1-13-6-3-2-5(4-11-6)7(12)8(9)10/h2-4,8H,1H3. The van der Waals surface area contributed by atoms with Crippen molar-refractivity contribution in [2.75, 3.05) is 7.11 Å². The summed E-state index contributed by atoms with van der Waals surface area (Å²) in [5.74, 6) is 0.437. The Balaban J connectivity index is 2.86. The summed E-state index contributed by atoms with van der Waals surface area (Å²) in [7, 11) is 1.53. The van der Waals surface area contributed by atoms with Gasteiger partial charge in [0.15, 0.2) is 5.78 Å². The highest BCUT2D eigenvalue weighted by atomic mass is 79.9. The molecule has 0 radical (unpaired) electrons. The molecule has 0 bridgehead atoms. The first kappa shape index (κ1) is 10.7. The molecule has 1 aromatic rings. The SMILES string of the molecule is COc1ccc(C(=O)C(Br)Br)cn1. The Morgan fingerprint density at radius 3 is 2.62 bits per heavy atom. The van der Waals surface area contributed by atoms with Crippen LogP contribution in [-0.4, -0.2) is 21.6 Å². The van der Waals surface area contributed by atoms with Crippen LogP contribution in [0.5, 0.6) is 5.88 Å². The topological polar surface area (TPSA) is 39.2 Å². The van der Waals surface area contributed by atoms with Gasteiger partial charge in [-0.05, 0) is 6.07 Å². The van der Waals surface area contributed by atoms with Crippen molar-refractivity contribution < 1.29 is 9.53 Å². The van der Waals surface area contributed by atoms with E-state index < -0.39 is 0 Å². The summed E-state index contributed by atoms with van der Waals surface area (Å²) >= 11 is 6.24. The molecule has 0 spiro atoms. The molecule has 1 aromatic heterocycles. The lowest BCUT2D eigenvalue weighted by Crippen LogP contribution is -2.07. The van der Waals surface area contributed by atoms with Crippen molar-refractivity contribution in [3.63, 3.8) is 0 Å². The van der Waals surface area contributed by atoms with Crippen molar-refractivity contribution in [2.24, 2.45) is 0 Å². The number of hydrogen-bond acceptors (Lipinski definition) is 3. The van der Waals surface area contributed by atoms with Gasteiger partial charge in [-0.1, -0.05) is 31.9 Å². The van der Waals surface area contributed by atoms with Crippen LogP contribution in [0.15, 0.2) is 18.3 Å². The van der Waals surface area contributed by atoms with Gasteiger partial charge in [0.2, 0.25) is 5.88 Å². The van der Waals surface area contributed by atoms with Gasteiger partial charge < -0.3 is 4.74 Å². The number of halogens is 2. The summed E-state index contributed by atoms with van der Waals surface area (Å²) < 4.78 is 4.50. The maximum Gasteiger partial charge on any atom is 0.212 e. The number of carbonyl (C=O) groups is 1. The van der Waals surface area contributed by atoms with Crippen LogP contribution in [0.4, 0.5) is 0 Å². The van der Waals surface area contributed by atoms with Crippen molar-refractivity contribution in [1.82, 2.24) is 4.98 Å². The van der Waals surface area contributed by atoms with Crippen LogP contribution >= 0.6 is 31.9 Å². The average Bonchev–Trinajstić information content (AvgIpc) is 2.17. The Labute approximate surface area is 92.8 Å². The van der Waals surface area contributed by atoms with E-state index in [0.717, 1.165) is 0 Å². The summed E-state index contributed by atoms with van der Waals surface area (Å²) in [6.07, 6.45) is 1.48. The second kappa shape index (κ2) is 4.72. The fourth-order valence-corrected chi connectivity index (χ4v) is 1.30. The van der Waals surface area contributed by atoms with Crippen molar-refractivity contribution in [3.05, 3.63) is 23.9 Å². The predicted octanol–water partition coefficient (Wildman–Crippen LogP) is 2.39. The van der Waals surface area contributed by atoms with E-state index in [-0.39, 0.29) is 9.52 Å². The summed E-state index contributed by atoms with van der Waals surface area (Å²) in [5, 5.41) is 0. The summed E-state index contributed by atoms with van der Waals surface area (Å²) in [5.41, 5.74) is 0.541. The van der Waals surface area contributed by atoms with Crippen LogP contribution in [0.3, 0.4) is 0 Å². The summed E-state index contributed by atoms with van der Waals surface area (Å²) in [6, 6.07) is 3.32. The molecule has 1 rings (SSSR count). The van der Waals surface area contributed by atoms with Crippen LogP contribution < -0.4 is 4.74 Å². The fourth-order valence-electron chi connectivity index (χ4n) is 0.773. The van der Waals surface area contributed by atoms with Gasteiger partial charge in [0.25, 0.3) is 0 Å². The number of hydrogen-bond donors (Lipinski definition) is 0. The van der Waals surface area contributed by atoms with Crippen molar-refractivity contribution >= 4 is 37.6 Å². The molecule has 0 aromatic carbocycles. The van der Waals surface area contributed by atoms with Crippen LogP contribution in [0.2, 0.25) is 0 Å². The molecular weight excluding hydrogens is 302 g/mol. The highest BCUT2D eigenvalue weighted by molar-refractivity contribution is 9.25. The number of ketones is 1. The van der Waals surface area contributed by atoms with Gasteiger partial charge in [0.05, 0.1) is 7.11 Å². The molecular formula is C8H7Br2NO2. The van der Waals surface area contributed by atoms with Gasteiger partial charge in [-0.15, -0.1) is 0 Å². The molecule has 0 aliphatic rings. The van der Waals surface area contributed by atoms with E-state index in [0.29, 0.717) is 11.4 Å². The highest BCUT2D eigenvalue weighted by Crippen LogP contribution is 2.16.